The lowest BCUT2D eigenvalue weighted by atomic mass is 9.92. The molecular formula is C14H9Cl4F. The van der Waals surface area contributed by atoms with E-state index in [-0.39, 0.29) is 5.82 Å². The van der Waals surface area contributed by atoms with Crippen LogP contribution in [0.5, 0.6) is 0 Å². The SMILES string of the molecule is Fc1ccc([C@H](c2ccc(Cl)cc2)C(Cl)(Cl)Cl)cc1. The zero-order valence-electron chi connectivity index (χ0n) is 9.59. The van der Waals surface area contributed by atoms with E-state index in [4.69, 9.17) is 46.4 Å². The molecule has 0 saturated carbocycles. The first kappa shape index (κ1) is 14.9. The third-order valence-corrected chi connectivity index (χ3v) is 3.64. The molecule has 0 aliphatic carbocycles. The molecule has 2 aromatic carbocycles. The molecule has 5 heteroatoms. The monoisotopic (exact) mass is 336 g/mol. The first-order valence-corrected chi connectivity index (χ1v) is 6.97. The standard InChI is InChI=1S/C14H9Cl4F/c15-11-5-1-9(2-6-11)13(14(16,17)18)10-3-7-12(19)8-4-10/h1-8,13H/t13-/m0/s1. The number of alkyl halides is 3. The molecule has 0 bridgehead atoms. The minimum atomic E-state index is -1.54. The Labute approximate surface area is 131 Å². The van der Waals surface area contributed by atoms with Crippen molar-refractivity contribution in [3.63, 3.8) is 0 Å². The van der Waals surface area contributed by atoms with E-state index in [9.17, 15) is 4.39 Å². The van der Waals surface area contributed by atoms with Crippen LogP contribution in [0.3, 0.4) is 0 Å². The molecule has 2 aromatic rings. The van der Waals surface area contributed by atoms with Gasteiger partial charge in [-0.25, -0.2) is 4.39 Å². The van der Waals surface area contributed by atoms with E-state index in [1.165, 1.54) is 12.1 Å². The lowest BCUT2D eigenvalue weighted by Gasteiger charge is -2.25. The number of rotatable bonds is 2. The zero-order chi connectivity index (χ0) is 14.0. The van der Waals surface area contributed by atoms with Gasteiger partial charge in [0.25, 0.3) is 0 Å². The van der Waals surface area contributed by atoms with Crippen molar-refractivity contribution < 1.29 is 4.39 Å². The second-order valence-electron chi connectivity index (χ2n) is 4.08. The smallest absolute Gasteiger partial charge is 0.201 e. The Morgan fingerprint density at radius 3 is 1.63 bits per heavy atom. The van der Waals surface area contributed by atoms with Gasteiger partial charge in [-0.3, -0.25) is 0 Å². The first-order chi connectivity index (χ1) is 8.88. The van der Waals surface area contributed by atoms with Crippen LogP contribution in [0.1, 0.15) is 17.0 Å². The summed E-state index contributed by atoms with van der Waals surface area (Å²) >= 11 is 24.0. The molecule has 0 nitrogen and oxygen atoms in total. The minimum absolute atomic E-state index is 0.331. The van der Waals surface area contributed by atoms with Gasteiger partial charge in [0.1, 0.15) is 5.82 Å². The van der Waals surface area contributed by atoms with Gasteiger partial charge in [0.15, 0.2) is 0 Å². The molecule has 0 aliphatic rings. The summed E-state index contributed by atoms with van der Waals surface area (Å²) in [4.78, 5) is 0. The van der Waals surface area contributed by atoms with E-state index < -0.39 is 9.71 Å². The number of hydrogen-bond acceptors (Lipinski definition) is 0. The highest BCUT2D eigenvalue weighted by Crippen LogP contribution is 2.45. The van der Waals surface area contributed by atoms with Gasteiger partial charge in [-0.1, -0.05) is 70.7 Å². The van der Waals surface area contributed by atoms with Crippen LogP contribution in [0, 0.1) is 5.82 Å². The van der Waals surface area contributed by atoms with Crippen LogP contribution in [0.25, 0.3) is 0 Å². The molecular weight excluding hydrogens is 329 g/mol. The summed E-state index contributed by atoms with van der Waals surface area (Å²) < 4.78 is 11.4. The summed E-state index contributed by atoms with van der Waals surface area (Å²) in [7, 11) is 0. The second kappa shape index (κ2) is 5.88. The fourth-order valence-electron chi connectivity index (χ4n) is 1.88. The van der Waals surface area contributed by atoms with Gasteiger partial charge in [-0.15, -0.1) is 0 Å². The van der Waals surface area contributed by atoms with Gasteiger partial charge in [0.05, 0.1) is 5.92 Å². The van der Waals surface area contributed by atoms with Crippen molar-refractivity contribution in [3.05, 3.63) is 70.5 Å². The van der Waals surface area contributed by atoms with Gasteiger partial charge in [0, 0.05) is 5.02 Å². The summed E-state index contributed by atoms with van der Waals surface area (Å²) in [6.07, 6.45) is 0. The molecule has 0 spiro atoms. The third kappa shape index (κ3) is 3.76. The zero-order valence-corrected chi connectivity index (χ0v) is 12.6. The van der Waals surface area contributed by atoms with Crippen LogP contribution >= 0.6 is 46.4 Å². The van der Waals surface area contributed by atoms with E-state index in [1.54, 1.807) is 36.4 Å². The van der Waals surface area contributed by atoms with Crippen molar-refractivity contribution in [2.75, 3.05) is 0 Å². The van der Waals surface area contributed by atoms with Gasteiger partial charge in [-0.05, 0) is 35.4 Å². The van der Waals surface area contributed by atoms with E-state index in [0.717, 1.165) is 11.1 Å². The lowest BCUT2D eigenvalue weighted by molar-refractivity contribution is 0.626. The maximum Gasteiger partial charge on any atom is 0.201 e. The van der Waals surface area contributed by atoms with Crippen LogP contribution in [0.4, 0.5) is 4.39 Å². The fourth-order valence-corrected chi connectivity index (χ4v) is 2.76. The average Bonchev–Trinajstić information content (AvgIpc) is 2.33. The molecule has 100 valence electrons. The van der Waals surface area contributed by atoms with E-state index >= 15 is 0 Å². The summed E-state index contributed by atoms with van der Waals surface area (Å²) in [5, 5.41) is 0.603. The van der Waals surface area contributed by atoms with Crippen LogP contribution in [-0.2, 0) is 0 Å². The maximum absolute atomic E-state index is 13.0. The van der Waals surface area contributed by atoms with Gasteiger partial charge in [0.2, 0.25) is 3.79 Å². The van der Waals surface area contributed by atoms with Gasteiger partial charge in [-0.2, -0.15) is 0 Å². The van der Waals surface area contributed by atoms with Crippen molar-refractivity contribution >= 4 is 46.4 Å². The predicted octanol–water partition coefficient (Wildman–Crippen LogP) is 5.98. The normalized spacial score (nSPS) is 13.3. The molecule has 1 atom stereocenters. The Morgan fingerprint density at radius 1 is 0.789 bits per heavy atom. The first-order valence-electron chi connectivity index (χ1n) is 5.45. The maximum atomic E-state index is 13.0. The Morgan fingerprint density at radius 2 is 1.21 bits per heavy atom. The van der Waals surface area contributed by atoms with Gasteiger partial charge < -0.3 is 0 Å². The van der Waals surface area contributed by atoms with Crippen molar-refractivity contribution in [2.24, 2.45) is 0 Å². The molecule has 0 amide bonds. The Balaban J connectivity index is 2.47. The third-order valence-electron chi connectivity index (χ3n) is 2.73. The van der Waals surface area contributed by atoms with Crippen molar-refractivity contribution in [1.29, 1.82) is 0 Å². The molecule has 2 rings (SSSR count). The molecule has 0 aliphatic heterocycles. The molecule has 0 heterocycles. The number of halogens is 5. The van der Waals surface area contributed by atoms with Crippen molar-refractivity contribution in [1.82, 2.24) is 0 Å². The minimum Gasteiger partial charge on any atom is -0.207 e. The van der Waals surface area contributed by atoms with E-state index in [1.807, 2.05) is 0 Å². The molecule has 0 radical (unpaired) electrons. The topological polar surface area (TPSA) is 0 Å². The van der Waals surface area contributed by atoms with Crippen LogP contribution in [-0.4, -0.2) is 3.79 Å². The molecule has 0 aromatic heterocycles. The number of benzene rings is 2. The number of hydrogen-bond donors (Lipinski definition) is 0. The molecule has 0 N–H and O–H groups in total. The highest BCUT2D eigenvalue weighted by molar-refractivity contribution is 6.68. The summed E-state index contributed by atoms with van der Waals surface area (Å²) in [5.74, 6) is -0.821. The van der Waals surface area contributed by atoms with E-state index in [2.05, 4.69) is 0 Å². The van der Waals surface area contributed by atoms with E-state index in [0.29, 0.717) is 5.02 Å². The Bertz CT molecular complexity index is 498. The fraction of sp³-hybridized carbons (Fsp3) is 0.143. The second-order valence-corrected chi connectivity index (χ2v) is 6.88. The molecule has 0 unspecified atom stereocenters. The largest absolute Gasteiger partial charge is 0.207 e. The lowest BCUT2D eigenvalue weighted by Crippen LogP contribution is -2.18. The summed E-state index contributed by atoms with van der Waals surface area (Å²) in [5.41, 5.74) is 1.53. The average molecular weight is 338 g/mol. The molecule has 0 saturated heterocycles. The van der Waals surface area contributed by atoms with Crippen LogP contribution in [0.2, 0.25) is 5.02 Å². The quantitative estimate of drug-likeness (QED) is 0.591. The predicted molar refractivity (Wildman–Crippen MR) is 80.0 cm³/mol. The highest BCUT2D eigenvalue weighted by atomic mass is 35.6. The summed E-state index contributed by atoms with van der Waals surface area (Å²) in [6.45, 7) is 0. The summed E-state index contributed by atoms with van der Waals surface area (Å²) in [6, 6.07) is 12.9. The van der Waals surface area contributed by atoms with Crippen LogP contribution < -0.4 is 0 Å². The Kier molecular flexibility index (Phi) is 4.62. The molecule has 0 fully saturated rings. The Hall–Kier alpha value is -0.470. The van der Waals surface area contributed by atoms with Crippen LogP contribution in [0.15, 0.2) is 48.5 Å². The van der Waals surface area contributed by atoms with Crippen molar-refractivity contribution in [2.45, 2.75) is 9.71 Å². The van der Waals surface area contributed by atoms with Crippen molar-refractivity contribution in [3.8, 4) is 0 Å². The van der Waals surface area contributed by atoms with Gasteiger partial charge >= 0.3 is 0 Å². The highest BCUT2D eigenvalue weighted by Gasteiger charge is 2.35. The molecule has 19 heavy (non-hydrogen) atoms.